The Morgan fingerprint density at radius 3 is 2.50 bits per heavy atom. The third-order valence-corrected chi connectivity index (χ3v) is 3.71. The van der Waals surface area contributed by atoms with Gasteiger partial charge in [0.15, 0.2) is 0 Å². The van der Waals surface area contributed by atoms with Crippen LogP contribution in [0.5, 0.6) is 11.5 Å². The summed E-state index contributed by atoms with van der Waals surface area (Å²) in [5, 5.41) is 8.43. The van der Waals surface area contributed by atoms with Gasteiger partial charge in [-0.1, -0.05) is 19.4 Å². The maximum absolute atomic E-state index is 8.43. The molecule has 18 heavy (non-hydrogen) atoms. The molecule has 4 rings (SSSR count). The van der Waals surface area contributed by atoms with E-state index in [0.717, 1.165) is 6.04 Å². The van der Waals surface area contributed by atoms with Crippen LogP contribution in [0.4, 0.5) is 0 Å². The van der Waals surface area contributed by atoms with E-state index in [9.17, 15) is 0 Å². The van der Waals surface area contributed by atoms with Crippen LogP contribution in [0.3, 0.4) is 0 Å². The third-order valence-electron chi connectivity index (χ3n) is 3.71. The summed E-state index contributed by atoms with van der Waals surface area (Å²) in [5.41, 5.74) is 0.678. The molecule has 96 valence electrons. The van der Waals surface area contributed by atoms with Gasteiger partial charge in [0.2, 0.25) is 0 Å². The van der Waals surface area contributed by atoms with E-state index in [1.807, 2.05) is 12.1 Å². The van der Waals surface area contributed by atoms with Gasteiger partial charge in [0.1, 0.15) is 23.1 Å². The van der Waals surface area contributed by atoms with Crippen molar-refractivity contribution in [1.29, 1.82) is 5.26 Å². The standard InChI is InChI=1S/C8H17N.C7H3NO/c1-3-8-6-4-5-7-9(8)2;8-4-5-6-2-1-3-7(5)9-6/h8H,3-7H2,1-2H3;1-3H. The van der Waals surface area contributed by atoms with Gasteiger partial charge < -0.3 is 9.64 Å². The molecule has 1 saturated heterocycles. The normalized spacial score (nSPS) is 20.8. The van der Waals surface area contributed by atoms with Gasteiger partial charge in [-0.2, -0.15) is 5.26 Å². The molecule has 0 spiro atoms. The van der Waals surface area contributed by atoms with Crippen LogP contribution in [0.25, 0.3) is 0 Å². The van der Waals surface area contributed by atoms with Crippen molar-refractivity contribution >= 4 is 0 Å². The second kappa shape index (κ2) is 5.88. The lowest BCUT2D eigenvalue weighted by atomic mass is 10.0. The number of nitriles is 1. The summed E-state index contributed by atoms with van der Waals surface area (Å²) in [6, 6.07) is 8.36. The van der Waals surface area contributed by atoms with Crippen LogP contribution in [-0.2, 0) is 0 Å². The van der Waals surface area contributed by atoms with Crippen LogP contribution >= 0.6 is 0 Å². The van der Waals surface area contributed by atoms with E-state index in [2.05, 4.69) is 18.9 Å². The molecule has 0 N–H and O–H groups in total. The minimum absolute atomic E-state index is 0.678. The van der Waals surface area contributed by atoms with Crippen LogP contribution in [0.2, 0.25) is 0 Å². The summed E-state index contributed by atoms with van der Waals surface area (Å²) >= 11 is 0. The van der Waals surface area contributed by atoms with Crippen molar-refractivity contribution < 1.29 is 4.74 Å². The van der Waals surface area contributed by atoms with Gasteiger partial charge in [-0.25, -0.2) is 0 Å². The molecule has 2 bridgehead atoms. The zero-order valence-electron chi connectivity index (χ0n) is 11.1. The number of fused-ring (bicyclic) bond motifs is 2. The minimum Gasteiger partial charge on any atom is -0.454 e. The van der Waals surface area contributed by atoms with E-state index < -0.39 is 0 Å². The molecule has 0 aromatic heterocycles. The first-order valence-electron chi connectivity index (χ1n) is 6.67. The van der Waals surface area contributed by atoms with Gasteiger partial charge in [0.05, 0.1) is 0 Å². The molecule has 1 unspecified atom stereocenters. The van der Waals surface area contributed by atoms with Crippen LogP contribution in [0, 0.1) is 11.3 Å². The van der Waals surface area contributed by atoms with E-state index in [0.29, 0.717) is 17.1 Å². The van der Waals surface area contributed by atoms with Gasteiger partial charge in [-0.15, -0.1) is 0 Å². The van der Waals surface area contributed by atoms with Crippen molar-refractivity contribution in [2.75, 3.05) is 13.6 Å². The number of likely N-dealkylation sites (tertiary alicyclic amines) is 1. The van der Waals surface area contributed by atoms with Crippen LogP contribution in [-0.4, -0.2) is 24.5 Å². The Morgan fingerprint density at radius 1 is 1.39 bits per heavy atom. The average molecular weight is 244 g/mol. The first-order chi connectivity index (χ1) is 8.76. The monoisotopic (exact) mass is 244 g/mol. The highest BCUT2D eigenvalue weighted by Crippen LogP contribution is 2.40. The molecule has 3 nitrogen and oxygen atoms in total. The Morgan fingerprint density at radius 2 is 2.11 bits per heavy atom. The highest BCUT2D eigenvalue weighted by molar-refractivity contribution is 5.61. The fourth-order valence-electron chi connectivity index (χ4n) is 2.52. The molecule has 1 fully saturated rings. The van der Waals surface area contributed by atoms with Crippen molar-refractivity contribution in [3.8, 4) is 17.6 Å². The van der Waals surface area contributed by atoms with E-state index in [1.54, 1.807) is 12.1 Å². The first kappa shape index (κ1) is 12.9. The number of nitrogens with zero attached hydrogens (tertiary/aromatic N) is 2. The number of hydrogen-bond acceptors (Lipinski definition) is 3. The summed E-state index contributed by atoms with van der Waals surface area (Å²) in [4.78, 5) is 2.49. The summed E-state index contributed by atoms with van der Waals surface area (Å²) in [5.74, 6) is 1.41. The SMILES string of the molecule is CCC1CCCCN1C.N#Cc1c2cccc1O2. The molecular weight excluding hydrogens is 224 g/mol. The molecule has 0 radical (unpaired) electrons. The van der Waals surface area contributed by atoms with Gasteiger partial charge in [-0.3, -0.25) is 0 Å². The van der Waals surface area contributed by atoms with Crippen LogP contribution in [0.1, 0.15) is 38.2 Å². The van der Waals surface area contributed by atoms with Crippen LogP contribution < -0.4 is 4.74 Å². The lowest BCUT2D eigenvalue weighted by Crippen LogP contribution is -2.35. The number of benzene rings is 1. The van der Waals surface area contributed by atoms with Gasteiger partial charge in [0, 0.05) is 6.04 Å². The summed E-state index contributed by atoms with van der Waals surface area (Å²) in [6.07, 6.45) is 5.61. The maximum Gasteiger partial charge on any atom is 0.149 e. The highest BCUT2D eigenvalue weighted by Gasteiger charge is 2.19. The summed E-state index contributed by atoms with van der Waals surface area (Å²) in [7, 11) is 2.24. The second-order valence-electron chi connectivity index (χ2n) is 4.88. The van der Waals surface area contributed by atoms with Crippen molar-refractivity contribution in [2.45, 2.75) is 38.6 Å². The zero-order chi connectivity index (χ0) is 13.0. The van der Waals surface area contributed by atoms with Crippen molar-refractivity contribution in [2.24, 2.45) is 0 Å². The molecule has 1 aromatic carbocycles. The Hall–Kier alpha value is -1.53. The average Bonchev–Trinajstić information content (AvgIpc) is 2.41. The fourth-order valence-corrected chi connectivity index (χ4v) is 2.52. The molecule has 0 amide bonds. The number of rotatable bonds is 1. The Balaban J connectivity index is 0.000000134. The molecule has 1 aromatic rings. The summed E-state index contributed by atoms with van der Waals surface area (Å²) < 4.78 is 5.01. The molecule has 0 aliphatic carbocycles. The van der Waals surface area contributed by atoms with Gasteiger partial charge in [0.25, 0.3) is 0 Å². The van der Waals surface area contributed by atoms with E-state index >= 15 is 0 Å². The predicted octanol–water partition coefficient (Wildman–Crippen LogP) is 3.54. The van der Waals surface area contributed by atoms with E-state index in [-0.39, 0.29) is 0 Å². The maximum atomic E-state index is 8.43. The molecular formula is C15H20N2O. The molecule has 0 saturated carbocycles. The molecule has 3 heterocycles. The predicted molar refractivity (Wildman–Crippen MR) is 71.8 cm³/mol. The Labute approximate surface area is 109 Å². The number of ether oxygens (including phenoxy) is 1. The van der Waals surface area contributed by atoms with E-state index in [1.165, 1.54) is 32.2 Å². The van der Waals surface area contributed by atoms with Crippen molar-refractivity contribution in [1.82, 2.24) is 4.90 Å². The molecule has 3 heteroatoms. The minimum atomic E-state index is 0.678. The van der Waals surface area contributed by atoms with E-state index in [4.69, 9.17) is 10.00 Å². The quantitative estimate of drug-likeness (QED) is 0.769. The molecule has 3 aliphatic heterocycles. The Bertz CT molecular complexity index is 430. The van der Waals surface area contributed by atoms with Gasteiger partial charge >= 0.3 is 0 Å². The van der Waals surface area contributed by atoms with Gasteiger partial charge in [-0.05, 0) is 45.0 Å². The first-order valence-corrected chi connectivity index (χ1v) is 6.67. The smallest absolute Gasteiger partial charge is 0.149 e. The highest BCUT2D eigenvalue weighted by atomic mass is 16.5. The topological polar surface area (TPSA) is 36.3 Å². The lowest BCUT2D eigenvalue weighted by molar-refractivity contribution is 0.181. The number of hydrogen-bond donors (Lipinski definition) is 0. The third kappa shape index (κ3) is 2.65. The molecule has 1 atom stereocenters. The Kier molecular flexibility index (Phi) is 4.22. The van der Waals surface area contributed by atoms with Crippen molar-refractivity contribution in [3.05, 3.63) is 23.8 Å². The van der Waals surface area contributed by atoms with Crippen LogP contribution in [0.15, 0.2) is 18.2 Å². The van der Waals surface area contributed by atoms with Crippen molar-refractivity contribution in [3.63, 3.8) is 0 Å². The largest absolute Gasteiger partial charge is 0.454 e. The second-order valence-corrected chi connectivity index (χ2v) is 4.88. The fraction of sp³-hybridized carbons (Fsp3) is 0.533. The summed E-state index contributed by atoms with van der Waals surface area (Å²) in [6.45, 7) is 3.60. The zero-order valence-corrected chi connectivity index (χ0v) is 11.1. The molecule has 3 aliphatic rings. The number of piperidine rings is 1. The lowest BCUT2D eigenvalue weighted by Gasteiger charge is -2.31.